The van der Waals surface area contributed by atoms with E-state index in [-0.39, 0.29) is 11.2 Å². The van der Waals surface area contributed by atoms with E-state index in [1.807, 2.05) is 36.9 Å². The van der Waals surface area contributed by atoms with E-state index in [0.29, 0.717) is 43.0 Å². The molecule has 1 N–H and O–H groups in total. The maximum Gasteiger partial charge on any atom is 0.332 e. The summed E-state index contributed by atoms with van der Waals surface area (Å²) in [6.07, 6.45) is 5.11. The third kappa shape index (κ3) is 3.49. The number of nitrogens with zero attached hydrogens (tertiary/aromatic N) is 5. The van der Waals surface area contributed by atoms with Gasteiger partial charge in [0.15, 0.2) is 5.65 Å². The molecule has 1 aromatic carbocycles. The molecule has 0 atom stereocenters. The van der Waals surface area contributed by atoms with Crippen molar-refractivity contribution in [3.05, 3.63) is 68.6 Å². The van der Waals surface area contributed by atoms with Gasteiger partial charge in [0.05, 0.1) is 18.3 Å². The van der Waals surface area contributed by atoms with Crippen molar-refractivity contribution in [1.29, 1.82) is 0 Å². The van der Waals surface area contributed by atoms with Crippen LogP contribution in [0.1, 0.15) is 37.8 Å². The van der Waals surface area contributed by atoms with Gasteiger partial charge in [0.2, 0.25) is 0 Å². The van der Waals surface area contributed by atoms with E-state index in [1.54, 1.807) is 10.8 Å². The van der Waals surface area contributed by atoms with Crippen LogP contribution in [0.3, 0.4) is 0 Å². The Bertz CT molecular complexity index is 1310. The molecule has 4 aromatic rings. The van der Waals surface area contributed by atoms with Gasteiger partial charge in [0, 0.05) is 19.3 Å². The van der Waals surface area contributed by atoms with Crippen LogP contribution in [0, 0.1) is 6.92 Å². The van der Waals surface area contributed by atoms with Crippen LogP contribution < -0.4 is 11.2 Å². The summed E-state index contributed by atoms with van der Waals surface area (Å²) in [7, 11) is 0. The first kappa shape index (κ1) is 19.9. The van der Waals surface area contributed by atoms with Crippen molar-refractivity contribution in [3.8, 4) is 11.4 Å². The van der Waals surface area contributed by atoms with E-state index in [4.69, 9.17) is 0 Å². The van der Waals surface area contributed by atoms with Gasteiger partial charge in [-0.15, -0.1) is 0 Å². The molecular formula is C22H26N6O2. The summed E-state index contributed by atoms with van der Waals surface area (Å²) >= 11 is 0. The first-order valence-electron chi connectivity index (χ1n) is 10.3. The lowest BCUT2D eigenvalue weighted by Gasteiger charge is -2.09. The lowest BCUT2D eigenvalue weighted by molar-refractivity contribution is 0.555. The molecule has 3 aromatic heterocycles. The minimum absolute atomic E-state index is 0.301. The molecule has 0 amide bonds. The largest absolute Gasteiger partial charge is 0.332 e. The number of nitrogens with one attached hydrogen (secondary N) is 1. The number of aromatic amines is 1. The molecule has 0 aliphatic carbocycles. The summed E-state index contributed by atoms with van der Waals surface area (Å²) in [4.78, 5) is 33.4. The minimum atomic E-state index is -0.324. The topological polar surface area (TPSA) is 90.5 Å². The molecule has 0 radical (unpaired) electrons. The minimum Gasteiger partial charge on any atom is -0.332 e. The second-order valence-corrected chi connectivity index (χ2v) is 7.53. The highest BCUT2D eigenvalue weighted by atomic mass is 16.2. The Morgan fingerprint density at radius 3 is 2.50 bits per heavy atom. The Labute approximate surface area is 173 Å². The second-order valence-electron chi connectivity index (χ2n) is 7.53. The summed E-state index contributed by atoms with van der Waals surface area (Å²) in [6, 6.07) is 8.19. The highest BCUT2D eigenvalue weighted by Gasteiger charge is 2.18. The molecule has 8 nitrogen and oxygen atoms in total. The lowest BCUT2D eigenvalue weighted by atomic mass is 10.1. The molecule has 4 rings (SSSR count). The van der Waals surface area contributed by atoms with Gasteiger partial charge < -0.3 is 4.98 Å². The van der Waals surface area contributed by atoms with Crippen LogP contribution in [0.25, 0.3) is 22.6 Å². The van der Waals surface area contributed by atoms with Gasteiger partial charge in [-0.25, -0.2) is 9.78 Å². The molecule has 0 spiro atoms. The Morgan fingerprint density at radius 2 is 1.77 bits per heavy atom. The first-order chi connectivity index (χ1) is 14.5. The van der Waals surface area contributed by atoms with Crippen LogP contribution in [-0.4, -0.2) is 28.9 Å². The normalized spacial score (nSPS) is 11.4. The molecule has 156 valence electrons. The standard InChI is InChI=1S/C22H26N6O2/c1-4-10-27-20-18(21(29)28(11-5-2)22(27)30)24-19(25-20)17-12-23-26(14-17)13-16-9-7-6-8-15(16)3/h6-9,12,14H,4-5,10-11,13H2,1-3H3,(H,24,25). The predicted octanol–water partition coefficient (Wildman–Crippen LogP) is 2.93. The monoisotopic (exact) mass is 406 g/mol. The fourth-order valence-corrected chi connectivity index (χ4v) is 3.68. The van der Waals surface area contributed by atoms with Gasteiger partial charge in [-0.3, -0.25) is 18.6 Å². The second kappa shape index (κ2) is 8.14. The summed E-state index contributed by atoms with van der Waals surface area (Å²) in [5.41, 5.74) is 3.31. The lowest BCUT2D eigenvalue weighted by Crippen LogP contribution is -2.40. The highest BCUT2D eigenvalue weighted by Crippen LogP contribution is 2.19. The summed E-state index contributed by atoms with van der Waals surface area (Å²) in [5, 5.41) is 4.45. The maximum absolute atomic E-state index is 12.9. The summed E-state index contributed by atoms with van der Waals surface area (Å²) < 4.78 is 4.73. The molecule has 0 aliphatic heterocycles. The Hall–Kier alpha value is -3.42. The molecule has 0 fully saturated rings. The quantitative estimate of drug-likeness (QED) is 0.511. The molecule has 0 saturated carbocycles. The molecule has 30 heavy (non-hydrogen) atoms. The Morgan fingerprint density at radius 1 is 1.03 bits per heavy atom. The zero-order chi connectivity index (χ0) is 21.3. The predicted molar refractivity (Wildman–Crippen MR) is 117 cm³/mol. The number of imidazole rings is 1. The SMILES string of the molecule is CCCn1c(=O)c2[nH]c(-c3cnn(Cc4ccccc4C)c3)nc2n(CCC)c1=O. The van der Waals surface area contributed by atoms with Gasteiger partial charge in [0.25, 0.3) is 5.56 Å². The van der Waals surface area contributed by atoms with Crippen molar-refractivity contribution in [2.24, 2.45) is 0 Å². The van der Waals surface area contributed by atoms with Gasteiger partial charge >= 0.3 is 5.69 Å². The Kier molecular flexibility index (Phi) is 5.39. The molecule has 0 bridgehead atoms. The number of H-pyrrole nitrogens is 1. The van der Waals surface area contributed by atoms with Crippen molar-refractivity contribution in [1.82, 2.24) is 28.9 Å². The Balaban J connectivity index is 1.77. The number of benzene rings is 1. The van der Waals surface area contributed by atoms with Crippen molar-refractivity contribution in [3.63, 3.8) is 0 Å². The van der Waals surface area contributed by atoms with E-state index in [2.05, 4.69) is 34.1 Å². The number of hydrogen-bond acceptors (Lipinski definition) is 4. The summed E-state index contributed by atoms with van der Waals surface area (Å²) in [5.74, 6) is 0.539. The maximum atomic E-state index is 12.9. The van der Waals surface area contributed by atoms with Crippen LogP contribution >= 0.6 is 0 Å². The van der Waals surface area contributed by atoms with Gasteiger partial charge in [-0.2, -0.15) is 5.10 Å². The highest BCUT2D eigenvalue weighted by molar-refractivity contribution is 5.75. The zero-order valence-corrected chi connectivity index (χ0v) is 17.6. The smallest absolute Gasteiger partial charge is 0.332 e. The van der Waals surface area contributed by atoms with Gasteiger partial charge in [-0.1, -0.05) is 38.1 Å². The number of aryl methyl sites for hydroxylation is 2. The number of fused-ring (bicyclic) bond motifs is 1. The zero-order valence-electron chi connectivity index (χ0n) is 17.6. The van der Waals surface area contributed by atoms with Crippen LogP contribution in [-0.2, 0) is 19.6 Å². The average Bonchev–Trinajstić information content (AvgIpc) is 3.37. The van der Waals surface area contributed by atoms with Crippen LogP contribution in [0.15, 0.2) is 46.2 Å². The van der Waals surface area contributed by atoms with Crippen molar-refractivity contribution in [2.75, 3.05) is 0 Å². The molecule has 0 unspecified atom stereocenters. The van der Waals surface area contributed by atoms with Crippen molar-refractivity contribution >= 4 is 11.2 Å². The van der Waals surface area contributed by atoms with Crippen molar-refractivity contribution < 1.29 is 0 Å². The number of hydrogen-bond donors (Lipinski definition) is 1. The van der Waals surface area contributed by atoms with E-state index in [1.165, 1.54) is 15.7 Å². The van der Waals surface area contributed by atoms with E-state index in [0.717, 1.165) is 12.0 Å². The number of rotatable bonds is 7. The average molecular weight is 406 g/mol. The fourth-order valence-electron chi connectivity index (χ4n) is 3.68. The summed E-state index contributed by atoms with van der Waals surface area (Å²) in [6.45, 7) is 7.57. The van der Waals surface area contributed by atoms with Gasteiger partial charge in [-0.05, 0) is 30.9 Å². The first-order valence-corrected chi connectivity index (χ1v) is 10.3. The molecule has 3 heterocycles. The number of aromatic nitrogens is 6. The third-order valence-electron chi connectivity index (χ3n) is 5.26. The van der Waals surface area contributed by atoms with Gasteiger partial charge in [0.1, 0.15) is 11.3 Å². The van der Waals surface area contributed by atoms with Crippen LogP contribution in [0.2, 0.25) is 0 Å². The van der Waals surface area contributed by atoms with Crippen molar-refractivity contribution in [2.45, 2.75) is 53.2 Å². The van der Waals surface area contributed by atoms with Crippen LogP contribution in [0.5, 0.6) is 0 Å². The molecule has 8 heteroatoms. The van der Waals surface area contributed by atoms with E-state index >= 15 is 0 Å². The van der Waals surface area contributed by atoms with Crippen LogP contribution in [0.4, 0.5) is 0 Å². The molecular weight excluding hydrogens is 380 g/mol. The fraction of sp³-hybridized carbons (Fsp3) is 0.364. The van der Waals surface area contributed by atoms with E-state index in [9.17, 15) is 9.59 Å². The molecule has 0 saturated heterocycles. The van der Waals surface area contributed by atoms with E-state index < -0.39 is 0 Å². The molecule has 0 aliphatic rings. The third-order valence-corrected chi connectivity index (χ3v) is 5.26.